The highest BCUT2D eigenvalue weighted by Gasteiger charge is 2.24. The molecule has 0 aliphatic rings. The molecule has 6 heteroatoms. The number of hydrogen-bond acceptors (Lipinski definition) is 6. The molecule has 0 amide bonds. The van der Waals surface area contributed by atoms with Crippen molar-refractivity contribution in [3.8, 4) is 58.9 Å². The van der Waals surface area contributed by atoms with Gasteiger partial charge in [0.05, 0.1) is 36.5 Å². The van der Waals surface area contributed by atoms with Crippen molar-refractivity contribution < 1.29 is 9.47 Å². The Balaban J connectivity index is 1.07. The Labute approximate surface area is 866 Å². The molecule has 142 heavy (non-hydrogen) atoms. The van der Waals surface area contributed by atoms with Crippen molar-refractivity contribution >= 4 is 71.4 Å². The first-order valence-electron chi connectivity index (χ1n) is 57.0. The zero-order chi connectivity index (χ0) is 100.0. The zero-order valence-corrected chi connectivity index (χ0v) is 90.3. The average molecular weight is 1900 g/mol. The number of rotatable bonds is 70. The van der Waals surface area contributed by atoms with Gasteiger partial charge in [-0.1, -0.05) is 505 Å². The molecular weight excluding hydrogens is 1720 g/mol. The molecule has 0 fully saturated rings. The Hall–Kier alpha value is -11.0. The number of ether oxygens (including phenoxy) is 2. The second-order valence-corrected chi connectivity index (χ2v) is 39.8. The van der Waals surface area contributed by atoms with Crippen molar-refractivity contribution in [1.29, 1.82) is 0 Å². The minimum Gasteiger partial charge on any atom is -0.494 e. The first kappa shape index (κ1) is 115. The fraction of sp³-hybridized carbons (Fsp3) is 0.485. The normalized spacial score (nSPS) is 11.3. The lowest BCUT2D eigenvalue weighted by Crippen LogP contribution is -2.25. The molecule has 6 nitrogen and oxygen atoms in total. The summed E-state index contributed by atoms with van der Waals surface area (Å²) >= 11 is 0. The van der Waals surface area contributed by atoms with Gasteiger partial charge in [0.25, 0.3) is 0 Å². The van der Waals surface area contributed by atoms with E-state index >= 15 is 0 Å². The molecule has 9 aromatic carbocycles. The van der Waals surface area contributed by atoms with Gasteiger partial charge in [-0.05, 0) is 193 Å². The fourth-order valence-electron chi connectivity index (χ4n) is 18.9. The predicted molar refractivity (Wildman–Crippen MR) is 627 cm³/mol. The van der Waals surface area contributed by atoms with E-state index in [1.807, 2.05) is 0 Å². The van der Waals surface area contributed by atoms with Crippen LogP contribution in [0.3, 0.4) is 0 Å². The molecule has 0 atom stereocenters. The summed E-state index contributed by atoms with van der Waals surface area (Å²) in [5.74, 6) is 29.8. The van der Waals surface area contributed by atoms with Gasteiger partial charge in [-0.25, -0.2) is 0 Å². The Morgan fingerprint density at radius 3 is 0.423 bits per heavy atom. The molecule has 758 valence electrons. The summed E-state index contributed by atoms with van der Waals surface area (Å²) < 4.78 is 13.4. The van der Waals surface area contributed by atoms with Gasteiger partial charge < -0.3 is 29.1 Å². The van der Waals surface area contributed by atoms with E-state index in [2.05, 4.69) is 365 Å². The van der Waals surface area contributed by atoms with Crippen LogP contribution in [0.1, 0.15) is 453 Å². The van der Waals surface area contributed by atoms with E-state index in [1.165, 1.54) is 353 Å². The van der Waals surface area contributed by atoms with Crippen LogP contribution in [0.2, 0.25) is 0 Å². The Kier molecular flexibility index (Phi) is 58.3. The van der Waals surface area contributed by atoms with Gasteiger partial charge >= 0.3 is 0 Å². The van der Waals surface area contributed by atoms with E-state index in [0.29, 0.717) is 33.8 Å². The first-order valence-corrected chi connectivity index (χ1v) is 57.0. The molecule has 0 saturated carbocycles. The summed E-state index contributed by atoms with van der Waals surface area (Å²) in [5.41, 5.74) is 20.0. The van der Waals surface area contributed by atoms with Crippen molar-refractivity contribution in [1.82, 2.24) is 0 Å². The summed E-state index contributed by atoms with van der Waals surface area (Å²) in [6.45, 7) is 27.3. The number of nitrogens with zero attached hydrogens (tertiary/aromatic N) is 4. The topological polar surface area (TPSA) is 31.4 Å². The fourth-order valence-corrected chi connectivity index (χ4v) is 18.9. The molecule has 0 aromatic heterocycles. The van der Waals surface area contributed by atoms with Crippen molar-refractivity contribution in [3.63, 3.8) is 0 Å². The predicted octanol–water partition coefficient (Wildman–Crippen LogP) is 38.1. The lowest BCUT2D eigenvalue weighted by atomic mass is 9.94. The van der Waals surface area contributed by atoms with E-state index in [9.17, 15) is 0 Å². The summed E-state index contributed by atoms with van der Waals surface area (Å²) in [4.78, 5) is 10.6. The summed E-state index contributed by atoms with van der Waals surface area (Å²) in [5, 5.41) is 0. The van der Waals surface area contributed by atoms with E-state index in [0.717, 1.165) is 96.9 Å². The number of hydrogen-bond donors (Lipinski definition) is 0. The van der Waals surface area contributed by atoms with E-state index in [-0.39, 0.29) is 0 Å². The van der Waals surface area contributed by atoms with Crippen molar-refractivity contribution in [2.24, 2.45) is 0 Å². The standard InChI is InChI=1S/C136H182N4O2/c1-11-19-27-35-43-51-107-137(108-52-44-36-28-20-12-2)127-95-83-123(84-96-127)79-67-115-59-71-119(72-60-115)91-103-131-132(104-92-120-73-61-116(62-74-120)68-80-124-85-97-128(98-86-124)138(109-53-45-37-29-21-13-3)110-54-46-38-30-22-14-4)136(142-10)134(106-94-122-77-65-118(66-78-122)70-82-126-89-101-130(102-90-126)140(113-57-49-41-33-25-17-7)114-58-50-42-34-26-18-8)133(135(131)141-9)105-93-121-75-63-117(64-76-121)69-81-125-87-99-129(100-88-125)139(111-55-47-39-31-23-15-5)112-56-48-40-32-24-16-6/h59-90,95-102H,11-58,107-114H2,1-10H3. The maximum atomic E-state index is 6.68. The third-order valence-corrected chi connectivity index (χ3v) is 27.9. The minimum atomic E-state index is 0.472. The van der Waals surface area contributed by atoms with Gasteiger partial charge in [-0.3, -0.25) is 0 Å². The van der Waals surface area contributed by atoms with Crippen LogP contribution in [-0.4, -0.2) is 66.6 Å². The summed E-state index contributed by atoms with van der Waals surface area (Å²) in [7, 11) is 3.41. The highest BCUT2D eigenvalue weighted by Crippen LogP contribution is 2.39. The second kappa shape index (κ2) is 72.3. The molecule has 9 aromatic rings. The molecule has 0 saturated heterocycles. The molecule has 0 aliphatic carbocycles. The molecular formula is C136H182N4O2. The molecule has 0 radical (unpaired) electrons. The number of benzene rings is 9. The van der Waals surface area contributed by atoms with Crippen LogP contribution in [-0.2, 0) is 0 Å². The van der Waals surface area contributed by atoms with Crippen molar-refractivity contribution in [2.45, 2.75) is 364 Å². The van der Waals surface area contributed by atoms with E-state index in [1.54, 1.807) is 14.2 Å². The van der Waals surface area contributed by atoms with Gasteiger partial charge in [0.2, 0.25) is 0 Å². The highest BCUT2D eigenvalue weighted by molar-refractivity contribution is 5.79. The molecule has 9 rings (SSSR count). The SMILES string of the molecule is CCCCCCCCN(CCCCCCCC)c1ccc(C=Cc2ccc(C#Cc3c(C#Cc4ccc(C=Cc5ccc(N(CCCCCCCC)CCCCCCCC)cc5)cc4)c(OC)c(C#Cc4ccc(C=Cc5ccc(N(CCCCCCCC)CCCCCCCC)cc5)cc4)c(C#Cc4ccc(C=Cc5ccc(N(CCCCCCCC)CCCCCCCC)cc5)cc4)c3OC)cc2)cc1. The monoisotopic (exact) mass is 1900 g/mol. The number of methoxy groups -OCH3 is 2. The van der Waals surface area contributed by atoms with Gasteiger partial charge in [-0.2, -0.15) is 0 Å². The van der Waals surface area contributed by atoms with Crippen molar-refractivity contribution in [3.05, 3.63) is 283 Å². The smallest absolute Gasteiger partial charge is 0.152 e. The third-order valence-electron chi connectivity index (χ3n) is 27.9. The minimum absolute atomic E-state index is 0.472. The van der Waals surface area contributed by atoms with Crippen LogP contribution in [0.5, 0.6) is 11.5 Å². The van der Waals surface area contributed by atoms with Crippen molar-refractivity contribution in [2.75, 3.05) is 86.2 Å². The van der Waals surface area contributed by atoms with Crippen LogP contribution in [0.4, 0.5) is 22.7 Å². The average Bonchev–Trinajstić information content (AvgIpc) is 0.763. The Bertz CT molecular complexity index is 4550. The van der Waals surface area contributed by atoms with Gasteiger partial charge in [-0.15, -0.1) is 0 Å². The largest absolute Gasteiger partial charge is 0.494 e. The molecule has 0 heterocycles. The molecule has 0 spiro atoms. The van der Waals surface area contributed by atoms with Gasteiger partial charge in [0, 0.05) is 97.4 Å². The van der Waals surface area contributed by atoms with Gasteiger partial charge in [0.15, 0.2) is 11.5 Å². The maximum Gasteiger partial charge on any atom is 0.152 e. The second-order valence-electron chi connectivity index (χ2n) is 39.8. The third kappa shape index (κ3) is 44.9. The Morgan fingerprint density at radius 1 is 0.162 bits per heavy atom. The van der Waals surface area contributed by atoms with Crippen LogP contribution in [0, 0.1) is 47.4 Å². The quantitative estimate of drug-likeness (QED) is 0.0215. The number of unbranched alkanes of at least 4 members (excludes halogenated alkanes) is 40. The zero-order valence-electron chi connectivity index (χ0n) is 90.3. The van der Waals surface area contributed by atoms with E-state index in [4.69, 9.17) is 9.47 Å². The Morgan fingerprint density at radius 2 is 0.289 bits per heavy atom. The van der Waals surface area contributed by atoms with Crippen LogP contribution in [0.25, 0.3) is 48.6 Å². The first-order chi connectivity index (χ1) is 70.1. The van der Waals surface area contributed by atoms with E-state index < -0.39 is 0 Å². The number of anilines is 4. The van der Waals surface area contributed by atoms with Gasteiger partial charge in [0.1, 0.15) is 0 Å². The lowest BCUT2D eigenvalue weighted by Gasteiger charge is -2.25. The summed E-state index contributed by atoms with van der Waals surface area (Å²) in [6.07, 6.45) is 80.4. The van der Waals surface area contributed by atoms with Crippen LogP contribution >= 0.6 is 0 Å². The highest BCUT2D eigenvalue weighted by atomic mass is 16.5. The lowest BCUT2D eigenvalue weighted by molar-refractivity contribution is 0.399. The molecule has 0 unspecified atom stereocenters. The molecule has 0 bridgehead atoms. The van der Waals surface area contributed by atoms with Crippen LogP contribution < -0.4 is 29.1 Å². The van der Waals surface area contributed by atoms with Crippen LogP contribution in [0.15, 0.2) is 194 Å². The maximum absolute atomic E-state index is 6.68. The summed E-state index contributed by atoms with van der Waals surface area (Å²) in [6, 6.07) is 70.8. The molecule has 0 N–H and O–H groups in total. The molecule has 0 aliphatic heterocycles.